The van der Waals surface area contributed by atoms with E-state index in [1.165, 1.54) is 0 Å². The van der Waals surface area contributed by atoms with Gasteiger partial charge in [-0.1, -0.05) is 42.5 Å². The van der Waals surface area contributed by atoms with Gasteiger partial charge in [0, 0.05) is 18.7 Å². The third kappa shape index (κ3) is 6.30. The van der Waals surface area contributed by atoms with Crippen LogP contribution in [0.3, 0.4) is 0 Å². The minimum atomic E-state index is -3.64. The summed E-state index contributed by atoms with van der Waals surface area (Å²) in [7, 11) is -3.64. The number of hydrogen-bond donors (Lipinski definition) is 2. The maximum atomic E-state index is 12.9. The van der Waals surface area contributed by atoms with E-state index in [9.17, 15) is 13.2 Å². The van der Waals surface area contributed by atoms with E-state index in [2.05, 4.69) is 0 Å². The highest BCUT2D eigenvalue weighted by Crippen LogP contribution is 2.13. The molecule has 7 heteroatoms. The van der Waals surface area contributed by atoms with Gasteiger partial charge in [0.25, 0.3) is 5.91 Å². The Bertz CT molecular complexity index is 807. The van der Waals surface area contributed by atoms with Crippen LogP contribution in [0.15, 0.2) is 54.6 Å². The van der Waals surface area contributed by atoms with Crippen LogP contribution in [0.1, 0.15) is 27.9 Å². The van der Waals surface area contributed by atoms with Gasteiger partial charge in [-0.05, 0) is 36.2 Å². The summed E-state index contributed by atoms with van der Waals surface area (Å²) >= 11 is 0. The highest BCUT2D eigenvalue weighted by molar-refractivity contribution is 7.88. The number of carbonyl (C=O) groups is 1. The van der Waals surface area contributed by atoms with Gasteiger partial charge < -0.3 is 10.6 Å². The summed E-state index contributed by atoms with van der Waals surface area (Å²) in [4.78, 5) is 14.6. The Labute approximate surface area is 148 Å². The molecule has 0 saturated carbocycles. The maximum Gasteiger partial charge on any atom is 0.254 e. The Balaban J connectivity index is 2.21. The normalized spacial score (nSPS) is 11.3. The van der Waals surface area contributed by atoms with Crippen LogP contribution in [0.25, 0.3) is 0 Å². The molecule has 0 aromatic heterocycles. The van der Waals surface area contributed by atoms with Crippen LogP contribution < -0.4 is 10.9 Å². The van der Waals surface area contributed by atoms with Crippen molar-refractivity contribution in [2.75, 3.05) is 13.1 Å². The second-order valence-electron chi connectivity index (χ2n) is 5.86. The molecule has 0 unspecified atom stereocenters. The molecule has 0 radical (unpaired) electrons. The molecular weight excluding hydrogens is 338 g/mol. The third-order valence-corrected chi connectivity index (χ3v) is 4.41. The van der Waals surface area contributed by atoms with Gasteiger partial charge in [-0.2, -0.15) is 0 Å². The predicted molar refractivity (Wildman–Crippen MR) is 98.1 cm³/mol. The molecule has 1 amide bonds. The Hall–Kier alpha value is -2.22. The summed E-state index contributed by atoms with van der Waals surface area (Å²) in [6.45, 7) is 1.49. The Kier molecular flexibility index (Phi) is 6.69. The van der Waals surface area contributed by atoms with Crippen LogP contribution in [0.5, 0.6) is 0 Å². The van der Waals surface area contributed by atoms with Crippen LogP contribution in [-0.4, -0.2) is 32.3 Å². The van der Waals surface area contributed by atoms with E-state index < -0.39 is 10.0 Å². The zero-order valence-corrected chi connectivity index (χ0v) is 14.8. The molecule has 0 atom stereocenters. The van der Waals surface area contributed by atoms with Crippen molar-refractivity contribution < 1.29 is 13.2 Å². The maximum absolute atomic E-state index is 12.9. The Morgan fingerprint density at radius 3 is 2.32 bits per heavy atom. The minimum Gasteiger partial charge on any atom is -0.334 e. The molecule has 2 aromatic carbocycles. The fourth-order valence-electron chi connectivity index (χ4n) is 2.55. The number of nitrogens with zero attached hydrogens (tertiary/aromatic N) is 1. The highest BCUT2D eigenvalue weighted by Gasteiger charge is 2.17. The monoisotopic (exact) mass is 361 g/mol. The molecule has 0 fully saturated rings. The fourth-order valence-corrected chi connectivity index (χ4v) is 3.19. The molecule has 0 spiro atoms. The van der Waals surface area contributed by atoms with Crippen molar-refractivity contribution in [2.45, 2.75) is 18.7 Å². The topological polar surface area (TPSA) is 106 Å². The first-order valence-corrected chi connectivity index (χ1v) is 9.73. The van der Waals surface area contributed by atoms with Crippen LogP contribution in [0, 0.1) is 0 Å². The van der Waals surface area contributed by atoms with E-state index in [0.29, 0.717) is 37.2 Å². The van der Waals surface area contributed by atoms with Gasteiger partial charge in [0.15, 0.2) is 0 Å². The molecule has 0 saturated heterocycles. The molecule has 0 bridgehead atoms. The summed E-state index contributed by atoms with van der Waals surface area (Å²) < 4.78 is 22.5. The average Bonchev–Trinajstić information content (AvgIpc) is 2.57. The molecule has 6 nitrogen and oxygen atoms in total. The molecule has 2 rings (SSSR count). The SMILES string of the molecule is NCCCN(Cc1ccccc1)C(=O)c1cccc(CS(N)(=O)=O)c1. The zero-order valence-electron chi connectivity index (χ0n) is 14.0. The molecule has 0 aliphatic heterocycles. The molecular formula is C18H23N3O3S. The predicted octanol–water partition coefficient (Wildman–Crippen LogP) is 1.47. The van der Waals surface area contributed by atoms with Crippen LogP contribution >= 0.6 is 0 Å². The van der Waals surface area contributed by atoms with E-state index in [1.54, 1.807) is 29.2 Å². The Morgan fingerprint density at radius 1 is 1.00 bits per heavy atom. The quantitative estimate of drug-likeness (QED) is 0.742. The number of amides is 1. The highest BCUT2D eigenvalue weighted by atomic mass is 32.2. The van der Waals surface area contributed by atoms with Crippen molar-refractivity contribution in [2.24, 2.45) is 10.9 Å². The number of rotatable bonds is 8. The summed E-state index contributed by atoms with van der Waals surface area (Å²) in [6.07, 6.45) is 0.690. The molecule has 25 heavy (non-hydrogen) atoms. The smallest absolute Gasteiger partial charge is 0.254 e. The van der Waals surface area contributed by atoms with E-state index in [0.717, 1.165) is 5.56 Å². The largest absolute Gasteiger partial charge is 0.334 e. The van der Waals surface area contributed by atoms with E-state index >= 15 is 0 Å². The molecule has 0 aliphatic rings. The number of sulfonamides is 1. The minimum absolute atomic E-state index is 0.159. The van der Waals surface area contributed by atoms with Gasteiger partial charge in [0.05, 0.1) is 5.75 Å². The Morgan fingerprint density at radius 2 is 1.68 bits per heavy atom. The number of hydrogen-bond acceptors (Lipinski definition) is 4. The third-order valence-electron chi connectivity index (χ3n) is 3.68. The lowest BCUT2D eigenvalue weighted by Gasteiger charge is -2.23. The first-order valence-electron chi connectivity index (χ1n) is 8.02. The van der Waals surface area contributed by atoms with Crippen molar-refractivity contribution in [3.8, 4) is 0 Å². The first kappa shape index (κ1) is 19.1. The van der Waals surface area contributed by atoms with Crippen LogP contribution in [0.2, 0.25) is 0 Å². The van der Waals surface area contributed by atoms with E-state index in [1.807, 2.05) is 30.3 Å². The van der Waals surface area contributed by atoms with Crippen molar-refractivity contribution >= 4 is 15.9 Å². The van der Waals surface area contributed by atoms with Crippen molar-refractivity contribution in [3.63, 3.8) is 0 Å². The second kappa shape index (κ2) is 8.75. The first-order chi connectivity index (χ1) is 11.9. The van der Waals surface area contributed by atoms with Crippen molar-refractivity contribution in [1.82, 2.24) is 4.90 Å². The molecule has 0 aliphatic carbocycles. The molecule has 0 heterocycles. The van der Waals surface area contributed by atoms with Gasteiger partial charge in [0.1, 0.15) is 0 Å². The van der Waals surface area contributed by atoms with Gasteiger partial charge >= 0.3 is 0 Å². The summed E-state index contributed by atoms with van der Waals surface area (Å²) in [5.74, 6) is -0.455. The molecule has 2 aromatic rings. The number of benzene rings is 2. The van der Waals surface area contributed by atoms with Gasteiger partial charge in [-0.3, -0.25) is 4.79 Å². The molecule has 4 N–H and O–H groups in total. The van der Waals surface area contributed by atoms with Gasteiger partial charge in [-0.15, -0.1) is 0 Å². The van der Waals surface area contributed by atoms with Gasteiger partial charge in [-0.25, -0.2) is 13.6 Å². The summed E-state index contributed by atoms with van der Waals surface area (Å²) in [5.41, 5.74) is 7.54. The summed E-state index contributed by atoms with van der Waals surface area (Å²) in [6, 6.07) is 16.2. The van der Waals surface area contributed by atoms with Crippen molar-refractivity contribution in [1.29, 1.82) is 0 Å². The lowest BCUT2D eigenvalue weighted by molar-refractivity contribution is 0.0742. The number of nitrogens with two attached hydrogens (primary N) is 2. The van der Waals surface area contributed by atoms with Crippen molar-refractivity contribution in [3.05, 3.63) is 71.3 Å². The van der Waals surface area contributed by atoms with E-state index in [4.69, 9.17) is 10.9 Å². The van der Waals surface area contributed by atoms with Crippen LogP contribution in [0.4, 0.5) is 0 Å². The van der Waals surface area contributed by atoms with E-state index in [-0.39, 0.29) is 11.7 Å². The number of carbonyl (C=O) groups excluding carboxylic acids is 1. The average molecular weight is 361 g/mol. The zero-order chi connectivity index (χ0) is 18.3. The standard InChI is InChI=1S/C18H23N3O3S/c19-10-5-11-21(13-15-6-2-1-3-7-15)18(22)17-9-4-8-16(12-17)14-25(20,23)24/h1-4,6-9,12H,5,10-11,13-14,19H2,(H2,20,23,24). The van der Waals surface area contributed by atoms with Gasteiger partial charge in [0.2, 0.25) is 10.0 Å². The second-order valence-corrected chi connectivity index (χ2v) is 7.48. The lowest BCUT2D eigenvalue weighted by atomic mass is 10.1. The number of primary sulfonamides is 1. The van der Waals surface area contributed by atoms with Crippen LogP contribution in [-0.2, 0) is 22.3 Å². The lowest BCUT2D eigenvalue weighted by Crippen LogP contribution is -2.32. The summed E-state index contributed by atoms with van der Waals surface area (Å²) in [5, 5.41) is 5.08. The molecule has 134 valence electrons. The fraction of sp³-hybridized carbons (Fsp3) is 0.278.